The van der Waals surface area contributed by atoms with Crippen LogP contribution in [-0.4, -0.2) is 65.6 Å². The minimum absolute atomic E-state index is 0.146. The number of amides is 2. The van der Waals surface area contributed by atoms with E-state index < -0.39 is 5.97 Å². The summed E-state index contributed by atoms with van der Waals surface area (Å²) < 4.78 is 11.2. The van der Waals surface area contributed by atoms with Gasteiger partial charge in [0.1, 0.15) is 12.2 Å². The van der Waals surface area contributed by atoms with E-state index in [9.17, 15) is 9.59 Å². The molecule has 0 saturated heterocycles. The first-order chi connectivity index (χ1) is 10.0. The van der Waals surface area contributed by atoms with Crippen LogP contribution < -0.4 is 10.6 Å². The molecule has 1 atom stereocenters. The smallest absolute Gasteiger partial charge is 0.325 e. The Morgan fingerprint density at radius 3 is 2.81 bits per heavy atom. The van der Waals surface area contributed by atoms with Gasteiger partial charge in [0.05, 0.1) is 25.5 Å². The fourth-order valence-electron chi connectivity index (χ4n) is 1.47. The van der Waals surface area contributed by atoms with E-state index in [1.54, 1.807) is 7.11 Å². The molecule has 0 aliphatic rings. The molecule has 1 rings (SSSR count). The molecular weight excluding hydrogens is 282 g/mol. The number of methoxy groups -OCH3 is 2. The monoisotopic (exact) mass is 301 g/mol. The van der Waals surface area contributed by atoms with Crippen LogP contribution in [-0.2, 0) is 27.4 Å². The van der Waals surface area contributed by atoms with Gasteiger partial charge in [-0.3, -0.25) is 4.79 Å². The molecule has 3 N–H and O–H groups in total. The van der Waals surface area contributed by atoms with Gasteiger partial charge in [-0.2, -0.15) is 0 Å². The molecule has 0 saturated carbocycles. The lowest BCUT2D eigenvalue weighted by Crippen LogP contribution is -2.41. The number of nitrogens with zero attached hydrogens (tertiary/aromatic N) is 3. The predicted octanol–water partition coefficient (Wildman–Crippen LogP) is -1.18. The largest absolute Gasteiger partial charge is 0.480 e. The standard InChI is InChI=1S/C11H19N5O5/c1-20-7-9(21-2)4-13-11(19)12-3-8-5-16(15-14-8)6-10(17)18/h5,9H,3-4,6-7H2,1-2H3,(H,17,18)(H2,12,13,19). The number of urea groups is 1. The number of hydrogen-bond acceptors (Lipinski definition) is 6. The molecule has 0 spiro atoms. The molecule has 21 heavy (non-hydrogen) atoms. The second-order valence-electron chi connectivity index (χ2n) is 4.18. The lowest BCUT2D eigenvalue weighted by molar-refractivity contribution is -0.137. The van der Waals surface area contributed by atoms with Crippen LogP contribution in [0.4, 0.5) is 4.79 Å². The number of carboxylic acids is 1. The SMILES string of the molecule is COCC(CNC(=O)NCc1cn(CC(=O)O)nn1)OC. The molecule has 1 heterocycles. The summed E-state index contributed by atoms with van der Waals surface area (Å²) >= 11 is 0. The molecule has 0 aliphatic heterocycles. The van der Waals surface area contributed by atoms with Gasteiger partial charge in [-0.15, -0.1) is 5.10 Å². The van der Waals surface area contributed by atoms with Crippen molar-refractivity contribution in [3.63, 3.8) is 0 Å². The van der Waals surface area contributed by atoms with E-state index in [2.05, 4.69) is 20.9 Å². The minimum Gasteiger partial charge on any atom is -0.480 e. The van der Waals surface area contributed by atoms with Crippen LogP contribution >= 0.6 is 0 Å². The molecule has 0 aliphatic carbocycles. The maximum Gasteiger partial charge on any atom is 0.325 e. The summed E-state index contributed by atoms with van der Waals surface area (Å²) in [4.78, 5) is 22.0. The van der Waals surface area contributed by atoms with E-state index in [0.29, 0.717) is 18.8 Å². The highest BCUT2D eigenvalue weighted by Gasteiger charge is 2.10. The highest BCUT2D eigenvalue weighted by atomic mass is 16.5. The fraction of sp³-hybridized carbons (Fsp3) is 0.636. The van der Waals surface area contributed by atoms with E-state index in [1.165, 1.54) is 18.0 Å². The third-order valence-electron chi connectivity index (χ3n) is 2.49. The Kier molecular flexibility index (Phi) is 7.12. The van der Waals surface area contributed by atoms with Crippen LogP contribution in [0.25, 0.3) is 0 Å². The van der Waals surface area contributed by atoms with Crippen LogP contribution in [0.1, 0.15) is 5.69 Å². The van der Waals surface area contributed by atoms with Crippen LogP contribution in [0.3, 0.4) is 0 Å². The van der Waals surface area contributed by atoms with E-state index in [1.807, 2.05) is 0 Å². The van der Waals surface area contributed by atoms with Gasteiger partial charge in [-0.1, -0.05) is 5.21 Å². The molecule has 10 heteroatoms. The van der Waals surface area contributed by atoms with Gasteiger partial charge in [0.2, 0.25) is 0 Å². The lowest BCUT2D eigenvalue weighted by atomic mass is 10.4. The summed E-state index contributed by atoms with van der Waals surface area (Å²) in [5, 5.41) is 21.2. The molecule has 0 fully saturated rings. The Morgan fingerprint density at radius 2 is 2.19 bits per heavy atom. The Bertz CT molecular complexity index is 464. The molecule has 0 bridgehead atoms. The Hall–Kier alpha value is -2.20. The minimum atomic E-state index is -1.01. The first-order valence-corrected chi connectivity index (χ1v) is 6.19. The van der Waals surface area contributed by atoms with Gasteiger partial charge in [-0.25, -0.2) is 9.48 Å². The number of carbonyl (C=O) groups excluding carboxylic acids is 1. The number of carbonyl (C=O) groups is 2. The van der Waals surface area contributed by atoms with Gasteiger partial charge in [0.15, 0.2) is 0 Å². The third kappa shape index (κ3) is 6.68. The number of rotatable bonds is 9. The zero-order valence-electron chi connectivity index (χ0n) is 11.9. The summed E-state index contributed by atoms with van der Waals surface area (Å²) in [6.07, 6.45) is 1.23. The number of hydrogen-bond donors (Lipinski definition) is 3. The Morgan fingerprint density at radius 1 is 1.43 bits per heavy atom. The van der Waals surface area contributed by atoms with Gasteiger partial charge >= 0.3 is 12.0 Å². The van der Waals surface area contributed by atoms with Crippen molar-refractivity contribution >= 4 is 12.0 Å². The molecule has 0 aromatic carbocycles. The summed E-state index contributed by atoms with van der Waals surface area (Å²) in [5.41, 5.74) is 0.464. The highest BCUT2D eigenvalue weighted by molar-refractivity contribution is 5.73. The normalized spacial score (nSPS) is 11.9. The van der Waals surface area contributed by atoms with Crippen molar-refractivity contribution in [1.82, 2.24) is 25.6 Å². The van der Waals surface area contributed by atoms with Crippen LogP contribution in [0.5, 0.6) is 0 Å². The quantitative estimate of drug-likeness (QED) is 0.524. The topological polar surface area (TPSA) is 128 Å². The van der Waals surface area contributed by atoms with Crippen molar-refractivity contribution < 1.29 is 24.2 Å². The molecule has 0 radical (unpaired) electrons. The number of carboxylic acid groups (broad SMARTS) is 1. The van der Waals surface area contributed by atoms with Crippen molar-refractivity contribution in [2.45, 2.75) is 19.2 Å². The fourth-order valence-corrected chi connectivity index (χ4v) is 1.47. The van der Waals surface area contributed by atoms with E-state index in [-0.39, 0.29) is 25.2 Å². The second-order valence-corrected chi connectivity index (χ2v) is 4.18. The molecular formula is C11H19N5O5. The molecule has 10 nitrogen and oxygen atoms in total. The highest BCUT2D eigenvalue weighted by Crippen LogP contribution is 1.93. The van der Waals surface area contributed by atoms with Crippen molar-refractivity contribution in [1.29, 1.82) is 0 Å². The Balaban J connectivity index is 2.29. The molecule has 1 aromatic rings. The van der Waals surface area contributed by atoms with Gasteiger partial charge in [-0.05, 0) is 0 Å². The summed E-state index contributed by atoms with van der Waals surface area (Å²) in [7, 11) is 3.08. The van der Waals surface area contributed by atoms with E-state index in [4.69, 9.17) is 14.6 Å². The predicted molar refractivity (Wildman–Crippen MR) is 70.6 cm³/mol. The summed E-state index contributed by atoms with van der Waals surface area (Å²) in [6.45, 7) is 0.557. The lowest BCUT2D eigenvalue weighted by Gasteiger charge is -2.15. The van der Waals surface area contributed by atoms with Gasteiger partial charge in [0, 0.05) is 20.8 Å². The van der Waals surface area contributed by atoms with Crippen molar-refractivity contribution in [2.24, 2.45) is 0 Å². The van der Waals surface area contributed by atoms with Crippen LogP contribution in [0.15, 0.2) is 6.20 Å². The zero-order chi connectivity index (χ0) is 15.7. The second kappa shape index (κ2) is 8.87. The van der Waals surface area contributed by atoms with Crippen LogP contribution in [0.2, 0.25) is 0 Å². The molecule has 118 valence electrons. The third-order valence-corrected chi connectivity index (χ3v) is 2.49. The maximum absolute atomic E-state index is 11.6. The number of ether oxygens (including phenoxy) is 2. The van der Waals surface area contributed by atoms with Crippen molar-refractivity contribution in [2.75, 3.05) is 27.4 Å². The zero-order valence-corrected chi connectivity index (χ0v) is 11.9. The number of nitrogens with one attached hydrogen (secondary N) is 2. The summed E-state index contributed by atoms with van der Waals surface area (Å²) in [5.74, 6) is -1.01. The van der Waals surface area contributed by atoms with Crippen molar-refractivity contribution in [3.05, 3.63) is 11.9 Å². The van der Waals surface area contributed by atoms with E-state index in [0.717, 1.165) is 0 Å². The molecule has 1 unspecified atom stereocenters. The average molecular weight is 301 g/mol. The first-order valence-electron chi connectivity index (χ1n) is 6.19. The Labute approximate surface area is 121 Å². The number of aliphatic carboxylic acids is 1. The average Bonchev–Trinajstić information content (AvgIpc) is 2.87. The van der Waals surface area contributed by atoms with E-state index >= 15 is 0 Å². The van der Waals surface area contributed by atoms with Crippen molar-refractivity contribution in [3.8, 4) is 0 Å². The molecule has 1 aromatic heterocycles. The van der Waals surface area contributed by atoms with Gasteiger partial charge < -0.3 is 25.2 Å². The number of aromatic nitrogens is 3. The van der Waals surface area contributed by atoms with Gasteiger partial charge in [0.25, 0.3) is 0 Å². The first kappa shape index (κ1) is 16.9. The molecule has 2 amide bonds. The summed E-state index contributed by atoms with van der Waals surface area (Å²) in [6, 6.07) is -0.388. The van der Waals surface area contributed by atoms with Crippen LogP contribution in [0, 0.1) is 0 Å². The maximum atomic E-state index is 11.6.